The van der Waals surface area contributed by atoms with Crippen molar-refractivity contribution in [2.75, 3.05) is 5.32 Å². The van der Waals surface area contributed by atoms with Crippen molar-refractivity contribution in [3.8, 4) is 0 Å². The summed E-state index contributed by atoms with van der Waals surface area (Å²) in [5, 5.41) is 3.36. The molecule has 82 valence electrons. The van der Waals surface area contributed by atoms with Crippen molar-refractivity contribution in [1.82, 2.24) is 4.98 Å². The number of benzene rings is 1. The van der Waals surface area contributed by atoms with Gasteiger partial charge in [-0.2, -0.15) is 0 Å². The van der Waals surface area contributed by atoms with E-state index in [9.17, 15) is 4.79 Å². The Balaban J connectivity index is 2.18. The molecule has 1 aromatic heterocycles. The van der Waals surface area contributed by atoms with Crippen molar-refractivity contribution >= 4 is 38.3 Å². The molecule has 0 radical (unpaired) electrons. The number of anilines is 1. The normalized spacial score (nSPS) is 10.1. The molecule has 5 heteroatoms. The van der Waals surface area contributed by atoms with Gasteiger partial charge in [-0.1, -0.05) is 29.5 Å². The van der Waals surface area contributed by atoms with Gasteiger partial charge in [0.2, 0.25) is 0 Å². The van der Waals surface area contributed by atoms with Gasteiger partial charge in [-0.3, -0.25) is 10.1 Å². The second-order valence-electron chi connectivity index (χ2n) is 3.24. The third-order valence-electron chi connectivity index (χ3n) is 2.09. The molecule has 1 N–H and O–H groups in total. The molecule has 0 bridgehead atoms. The van der Waals surface area contributed by atoms with Crippen LogP contribution in [0.5, 0.6) is 0 Å². The van der Waals surface area contributed by atoms with Gasteiger partial charge in [-0.15, -0.1) is 0 Å². The largest absolute Gasteiger partial charge is 0.298 e. The number of rotatable bonds is 2. The molecule has 0 unspecified atom stereocenters. The predicted octanol–water partition coefficient (Wildman–Crippen LogP) is 3.47. The summed E-state index contributed by atoms with van der Waals surface area (Å²) >= 11 is 4.69. The highest BCUT2D eigenvalue weighted by atomic mass is 79.9. The monoisotopic (exact) mass is 296 g/mol. The molecule has 0 aliphatic carbocycles. The van der Waals surface area contributed by atoms with Gasteiger partial charge >= 0.3 is 0 Å². The lowest BCUT2D eigenvalue weighted by molar-refractivity contribution is 0.102. The minimum atomic E-state index is -0.125. The maximum Gasteiger partial charge on any atom is 0.257 e. The standard InChI is InChI=1S/C11H9BrN2OS/c1-7-4-2-3-5-8(7)10(15)14-11-13-6-9(12)16-11/h2-6H,1H3,(H,13,14,15). The number of thiazole rings is 1. The summed E-state index contributed by atoms with van der Waals surface area (Å²) in [6.45, 7) is 1.91. The van der Waals surface area contributed by atoms with Gasteiger partial charge in [-0.25, -0.2) is 4.98 Å². The predicted molar refractivity (Wildman–Crippen MR) is 68.9 cm³/mol. The summed E-state index contributed by atoms with van der Waals surface area (Å²) in [6.07, 6.45) is 1.66. The zero-order valence-corrected chi connectivity index (χ0v) is 10.9. The number of carbonyl (C=O) groups is 1. The van der Waals surface area contributed by atoms with Gasteiger partial charge in [0.05, 0.1) is 9.98 Å². The van der Waals surface area contributed by atoms with Crippen molar-refractivity contribution in [3.05, 3.63) is 45.4 Å². The van der Waals surface area contributed by atoms with Crippen LogP contribution in [0.25, 0.3) is 0 Å². The maximum absolute atomic E-state index is 11.9. The molecule has 1 heterocycles. The molecule has 1 aromatic carbocycles. The van der Waals surface area contributed by atoms with Crippen LogP contribution in [0.15, 0.2) is 34.2 Å². The first-order valence-corrected chi connectivity index (χ1v) is 6.26. The Bertz CT molecular complexity index is 524. The zero-order valence-electron chi connectivity index (χ0n) is 8.53. The van der Waals surface area contributed by atoms with Gasteiger partial charge in [0, 0.05) is 5.56 Å². The van der Waals surface area contributed by atoms with E-state index in [2.05, 4.69) is 26.2 Å². The third kappa shape index (κ3) is 2.48. The summed E-state index contributed by atoms with van der Waals surface area (Å²) < 4.78 is 0.896. The number of halogens is 1. The first kappa shape index (κ1) is 11.3. The molecule has 0 fully saturated rings. The van der Waals surface area contributed by atoms with Crippen LogP contribution in [0.4, 0.5) is 5.13 Å². The van der Waals surface area contributed by atoms with Crippen LogP contribution in [0.3, 0.4) is 0 Å². The lowest BCUT2D eigenvalue weighted by Crippen LogP contribution is -2.12. The number of nitrogens with zero attached hydrogens (tertiary/aromatic N) is 1. The van der Waals surface area contributed by atoms with Gasteiger partial charge in [0.1, 0.15) is 0 Å². The Morgan fingerprint density at radius 2 is 2.19 bits per heavy atom. The number of aryl methyl sites for hydroxylation is 1. The van der Waals surface area contributed by atoms with E-state index < -0.39 is 0 Å². The number of aromatic nitrogens is 1. The molecule has 0 atom stereocenters. The van der Waals surface area contributed by atoms with E-state index in [0.29, 0.717) is 10.7 Å². The van der Waals surface area contributed by atoms with E-state index in [1.807, 2.05) is 25.1 Å². The van der Waals surface area contributed by atoms with Gasteiger partial charge < -0.3 is 0 Å². The molecule has 2 rings (SSSR count). The lowest BCUT2D eigenvalue weighted by atomic mass is 10.1. The fraction of sp³-hybridized carbons (Fsp3) is 0.0909. The van der Waals surface area contributed by atoms with Crippen molar-refractivity contribution < 1.29 is 4.79 Å². The highest BCUT2D eigenvalue weighted by Gasteiger charge is 2.10. The molecule has 0 aliphatic heterocycles. The summed E-state index contributed by atoms with van der Waals surface area (Å²) in [5.41, 5.74) is 1.63. The molecule has 16 heavy (non-hydrogen) atoms. The Labute approximate surface area is 106 Å². The van der Waals surface area contributed by atoms with E-state index in [4.69, 9.17) is 0 Å². The smallest absolute Gasteiger partial charge is 0.257 e. The van der Waals surface area contributed by atoms with E-state index in [1.54, 1.807) is 12.3 Å². The molecule has 3 nitrogen and oxygen atoms in total. The van der Waals surface area contributed by atoms with E-state index in [0.717, 1.165) is 9.35 Å². The fourth-order valence-electron chi connectivity index (χ4n) is 1.30. The van der Waals surface area contributed by atoms with Crippen LogP contribution in [-0.2, 0) is 0 Å². The highest BCUT2D eigenvalue weighted by molar-refractivity contribution is 9.11. The Morgan fingerprint density at radius 3 is 2.81 bits per heavy atom. The highest BCUT2D eigenvalue weighted by Crippen LogP contribution is 2.23. The maximum atomic E-state index is 11.9. The molecular formula is C11H9BrN2OS. The minimum Gasteiger partial charge on any atom is -0.298 e. The first-order chi connectivity index (χ1) is 7.66. The van der Waals surface area contributed by atoms with Crippen molar-refractivity contribution in [2.45, 2.75) is 6.92 Å². The molecule has 0 saturated heterocycles. The number of amides is 1. The van der Waals surface area contributed by atoms with Gasteiger partial charge in [0.15, 0.2) is 5.13 Å². The number of carbonyl (C=O) groups excluding carboxylic acids is 1. The molecule has 0 aliphatic rings. The average molecular weight is 297 g/mol. The molecule has 0 saturated carbocycles. The Morgan fingerprint density at radius 1 is 1.44 bits per heavy atom. The van der Waals surface area contributed by atoms with Crippen molar-refractivity contribution in [2.24, 2.45) is 0 Å². The average Bonchev–Trinajstić information content (AvgIpc) is 2.64. The molecule has 0 spiro atoms. The van der Waals surface area contributed by atoms with E-state index >= 15 is 0 Å². The SMILES string of the molecule is Cc1ccccc1C(=O)Nc1ncc(Br)s1. The fourth-order valence-corrected chi connectivity index (χ4v) is 2.41. The summed E-state index contributed by atoms with van der Waals surface area (Å²) in [6, 6.07) is 7.46. The summed E-state index contributed by atoms with van der Waals surface area (Å²) in [7, 11) is 0. The Kier molecular flexibility index (Phi) is 3.36. The number of hydrogen-bond donors (Lipinski definition) is 1. The summed E-state index contributed by atoms with van der Waals surface area (Å²) in [4.78, 5) is 15.9. The van der Waals surface area contributed by atoms with Gasteiger partial charge in [0.25, 0.3) is 5.91 Å². The Hall–Kier alpha value is -1.20. The topological polar surface area (TPSA) is 42.0 Å². The number of nitrogens with one attached hydrogen (secondary N) is 1. The third-order valence-corrected chi connectivity index (χ3v) is 3.48. The minimum absolute atomic E-state index is 0.125. The lowest BCUT2D eigenvalue weighted by Gasteiger charge is -2.04. The van der Waals surface area contributed by atoms with Crippen molar-refractivity contribution in [3.63, 3.8) is 0 Å². The first-order valence-electron chi connectivity index (χ1n) is 4.65. The van der Waals surface area contributed by atoms with Crippen LogP contribution in [-0.4, -0.2) is 10.9 Å². The molecule has 1 amide bonds. The van der Waals surface area contributed by atoms with E-state index in [1.165, 1.54) is 11.3 Å². The van der Waals surface area contributed by atoms with Crippen LogP contribution >= 0.6 is 27.3 Å². The van der Waals surface area contributed by atoms with Gasteiger partial charge in [-0.05, 0) is 34.5 Å². The second kappa shape index (κ2) is 4.76. The molecular weight excluding hydrogens is 288 g/mol. The second-order valence-corrected chi connectivity index (χ2v) is 5.65. The number of hydrogen-bond acceptors (Lipinski definition) is 3. The summed E-state index contributed by atoms with van der Waals surface area (Å²) in [5.74, 6) is -0.125. The van der Waals surface area contributed by atoms with Crippen LogP contribution in [0.1, 0.15) is 15.9 Å². The van der Waals surface area contributed by atoms with Crippen LogP contribution < -0.4 is 5.32 Å². The van der Waals surface area contributed by atoms with Crippen molar-refractivity contribution in [1.29, 1.82) is 0 Å². The van der Waals surface area contributed by atoms with Crippen LogP contribution in [0.2, 0.25) is 0 Å². The quantitative estimate of drug-likeness (QED) is 0.922. The van der Waals surface area contributed by atoms with E-state index in [-0.39, 0.29) is 5.91 Å². The van der Waals surface area contributed by atoms with Crippen LogP contribution in [0, 0.1) is 6.92 Å². The zero-order chi connectivity index (χ0) is 11.5. The molecule has 2 aromatic rings.